The van der Waals surface area contributed by atoms with Crippen molar-refractivity contribution in [3.63, 3.8) is 0 Å². The molecule has 0 fully saturated rings. The largest absolute Gasteiger partial charge is 0.334 e. The van der Waals surface area contributed by atoms with Crippen LogP contribution < -0.4 is 0 Å². The van der Waals surface area contributed by atoms with Gasteiger partial charge in [0.15, 0.2) is 0 Å². The molecule has 1 aliphatic rings. The van der Waals surface area contributed by atoms with Crippen LogP contribution in [-0.2, 0) is 20.0 Å². The fourth-order valence-electron chi connectivity index (χ4n) is 3.12. The molecule has 0 aliphatic carbocycles. The minimum atomic E-state index is 0.0852. The van der Waals surface area contributed by atoms with Crippen LogP contribution in [0.15, 0.2) is 48.8 Å². The highest BCUT2D eigenvalue weighted by atomic mass is 16.2. The van der Waals surface area contributed by atoms with Crippen molar-refractivity contribution in [3.05, 3.63) is 65.5 Å². The van der Waals surface area contributed by atoms with Gasteiger partial charge in [-0.05, 0) is 35.7 Å². The van der Waals surface area contributed by atoms with E-state index in [0.717, 1.165) is 24.0 Å². The number of aryl methyl sites for hydroxylation is 1. The lowest BCUT2D eigenvalue weighted by molar-refractivity contribution is 0.0735. The lowest BCUT2D eigenvalue weighted by Gasteiger charge is -2.29. The quantitative estimate of drug-likeness (QED) is 0.691. The molecule has 2 aromatic carbocycles. The number of benzene rings is 2. The molecule has 0 saturated carbocycles. The molecule has 1 amide bonds. The van der Waals surface area contributed by atoms with Crippen LogP contribution >= 0.6 is 0 Å². The van der Waals surface area contributed by atoms with Crippen molar-refractivity contribution in [2.75, 3.05) is 6.54 Å². The first-order valence-corrected chi connectivity index (χ1v) is 7.49. The van der Waals surface area contributed by atoms with Crippen LogP contribution in [-0.4, -0.2) is 26.9 Å². The molecule has 1 aliphatic heterocycles. The first-order chi connectivity index (χ1) is 10.7. The summed E-state index contributed by atoms with van der Waals surface area (Å²) in [7, 11) is 1.96. The Kier molecular flexibility index (Phi) is 2.96. The molecule has 0 bridgehead atoms. The number of fused-ring (bicyclic) bond motifs is 2. The van der Waals surface area contributed by atoms with Gasteiger partial charge >= 0.3 is 0 Å². The summed E-state index contributed by atoms with van der Waals surface area (Å²) in [6.07, 6.45) is 2.70. The maximum atomic E-state index is 12.8. The van der Waals surface area contributed by atoms with Gasteiger partial charge in [-0.1, -0.05) is 24.3 Å². The summed E-state index contributed by atoms with van der Waals surface area (Å²) in [5.74, 6) is 0.0852. The summed E-state index contributed by atoms with van der Waals surface area (Å²) in [6, 6.07) is 14.1. The predicted molar refractivity (Wildman–Crippen MR) is 85.6 cm³/mol. The summed E-state index contributed by atoms with van der Waals surface area (Å²) < 4.78 is 1.96. The Bertz CT molecular complexity index is 866. The smallest absolute Gasteiger partial charge is 0.254 e. The molecule has 1 aromatic heterocycles. The van der Waals surface area contributed by atoms with E-state index in [1.165, 1.54) is 11.1 Å². The molecule has 3 aromatic rings. The summed E-state index contributed by atoms with van der Waals surface area (Å²) in [4.78, 5) is 19.0. The fourth-order valence-corrected chi connectivity index (χ4v) is 3.12. The maximum Gasteiger partial charge on any atom is 0.254 e. The number of amides is 1. The van der Waals surface area contributed by atoms with E-state index in [2.05, 4.69) is 23.2 Å². The molecule has 4 rings (SSSR count). The van der Waals surface area contributed by atoms with E-state index in [-0.39, 0.29) is 5.91 Å². The molecule has 0 radical (unpaired) electrons. The van der Waals surface area contributed by atoms with Gasteiger partial charge in [-0.3, -0.25) is 4.79 Å². The SMILES string of the molecule is Cn1cnc2cc(C(=O)N3CCc4ccccc4C3)ccc21. The number of carbonyl (C=O) groups is 1. The van der Waals surface area contributed by atoms with Crippen molar-refractivity contribution in [1.82, 2.24) is 14.5 Å². The van der Waals surface area contributed by atoms with Gasteiger partial charge in [-0.25, -0.2) is 4.98 Å². The predicted octanol–water partition coefficient (Wildman–Crippen LogP) is 2.77. The first-order valence-electron chi connectivity index (χ1n) is 7.49. The third-order valence-corrected chi connectivity index (χ3v) is 4.39. The molecule has 0 N–H and O–H groups in total. The highest BCUT2D eigenvalue weighted by Crippen LogP contribution is 2.21. The zero-order chi connectivity index (χ0) is 15.1. The number of carbonyl (C=O) groups excluding carboxylic acids is 1. The minimum absolute atomic E-state index is 0.0852. The Morgan fingerprint density at radius 3 is 2.82 bits per heavy atom. The van der Waals surface area contributed by atoms with E-state index in [0.29, 0.717) is 12.1 Å². The van der Waals surface area contributed by atoms with Crippen molar-refractivity contribution in [2.45, 2.75) is 13.0 Å². The van der Waals surface area contributed by atoms with Gasteiger partial charge in [-0.15, -0.1) is 0 Å². The van der Waals surface area contributed by atoms with Crippen LogP contribution in [0.3, 0.4) is 0 Å². The average molecular weight is 291 g/mol. The van der Waals surface area contributed by atoms with Gasteiger partial charge in [0.1, 0.15) is 0 Å². The Morgan fingerprint density at radius 1 is 1.14 bits per heavy atom. The molecule has 0 spiro atoms. The fraction of sp³-hybridized carbons (Fsp3) is 0.222. The van der Waals surface area contributed by atoms with E-state index in [4.69, 9.17) is 0 Å². The molecule has 22 heavy (non-hydrogen) atoms. The first kappa shape index (κ1) is 13.1. The normalized spacial score (nSPS) is 14.1. The molecule has 110 valence electrons. The second kappa shape index (κ2) is 4.98. The van der Waals surface area contributed by atoms with Gasteiger partial charge in [0.2, 0.25) is 0 Å². The van der Waals surface area contributed by atoms with E-state index in [1.807, 2.05) is 40.8 Å². The highest BCUT2D eigenvalue weighted by molar-refractivity contribution is 5.97. The van der Waals surface area contributed by atoms with E-state index in [1.54, 1.807) is 6.33 Å². The Morgan fingerprint density at radius 2 is 1.95 bits per heavy atom. The molecule has 4 heteroatoms. The van der Waals surface area contributed by atoms with Crippen LogP contribution in [0, 0.1) is 0 Å². The lowest BCUT2D eigenvalue weighted by atomic mass is 9.99. The van der Waals surface area contributed by atoms with Crippen molar-refractivity contribution in [2.24, 2.45) is 7.05 Å². The van der Waals surface area contributed by atoms with Gasteiger partial charge < -0.3 is 9.47 Å². The van der Waals surface area contributed by atoms with Crippen LogP contribution in [0.25, 0.3) is 11.0 Å². The molecular weight excluding hydrogens is 274 g/mol. The van der Waals surface area contributed by atoms with Crippen molar-refractivity contribution in [1.29, 1.82) is 0 Å². The van der Waals surface area contributed by atoms with Crippen LogP contribution in [0.4, 0.5) is 0 Å². The van der Waals surface area contributed by atoms with Crippen molar-refractivity contribution < 1.29 is 4.79 Å². The number of imidazole rings is 1. The van der Waals surface area contributed by atoms with E-state index in [9.17, 15) is 4.79 Å². The van der Waals surface area contributed by atoms with Gasteiger partial charge in [0.25, 0.3) is 5.91 Å². The van der Waals surface area contributed by atoms with E-state index >= 15 is 0 Å². The highest BCUT2D eigenvalue weighted by Gasteiger charge is 2.21. The average Bonchev–Trinajstić information content (AvgIpc) is 2.94. The van der Waals surface area contributed by atoms with Gasteiger partial charge in [0, 0.05) is 25.7 Å². The molecule has 0 atom stereocenters. The minimum Gasteiger partial charge on any atom is -0.334 e. The third kappa shape index (κ3) is 2.08. The second-order valence-corrected chi connectivity index (χ2v) is 5.80. The number of hydrogen-bond acceptors (Lipinski definition) is 2. The Hall–Kier alpha value is -2.62. The standard InChI is InChI=1S/C18H17N3O/c1-20-12-19-16-10-14(6-7-17(16)20)18(22)21-9-8-13-4-2-3-5-15(13)11-21/h2-7,10,12H,8-9,11H2,1H3. The molecular formula is C18H17N3O. The van der Waals surface area contributed by atoms with Crippen LogP contribution in [0.1, 0.15) is 21.5 Å². The topological polar surface area (TPSA) is 38.1 Å². The van der Waals surface area contributed by atoms with Crippen LogP contribution in [0.5, 0.6) is 0 Å². The molecule has 0 unspecified atom stereocenters. The zero-order valence-corrected chi connectivity index (χ0v) is 12.5. The summed E-state index contributed by atoms with van der Waals surface area (Å²) in [5.41, 5.74) is 5.23. The summed E-state index contributed by atoms with van der Waals surface area (Å²) in [5, 5.41) is 0. The number of nitrogens with zero attached hydrogens (tertiary/aromatic N) is 3. The molecule has 4 nitrogen and oxygen atoms in total. The van der Waals surface area contributed by atoms with Gasteiger partial charge in [-0.2, -0.15) is 0 Å². The molecule has 0 saturated heterocycles. The number of hydrogen-bond donors (Lipinski definition) is 0. The zero-order valence-electron chi connectivity index (χ0n) is 12.5. The van der Waals surface area contributed by atoms with Gasteiger partial charge in [0.05, 0.1) is 17.4 Å². The second-order valence-electron chi connectivity index (χ2n) is 5.80. The Balaban J connectivity index is 1.63. The lowest BCUT2D eigenvalue weighted by Crippen LogP contribution is -2.35. The third-order valence-electron chi connectivity index (χ3n) is 4.39. The van der Waals surface area contributed by atoms with Crippen molar-refractivity contribution >= 4 is 16.9 Å². The van der Waals surface area contributed by atoms with Crippen LogP contribution in [0.2, 0.25) is 0 Å². The summed E-state index contributed by atoms with van der Waals surface area (Å²) >= 11 is 0. The monoisotopic (exact) mass is 291 g/mol. The summed E-state index contributed by atoms with van der Waals surface area (Å²) in [6.45, 7) is 1.46. The molecule has 2 heterocycles. The maximum absolute atomic E-state index is 12.8. The number of rotatable bonds is 1. The Labute approximate surface area is 129 Å². The van der Waals surface area contributed by atoms with E-state index < -0.39 is 0 Å². The number of aromatic nitrogens is 2. The van der Waals surface area contributed by atoms with Crippen molar-refractivity contribution in [3.8, 4) is 0 Å².